The number of carboxylic acid groups (broad SMARTS) is 1. The lowest BCUT2D eigenvalue weighted by Gasteiger charge is -2.45. The van der Waals surface area contributed by atoms with E-state index in [0.29, 0.717) is 25.4 Å². The maximum Gasteiger partial charge on any atom is 0.309 e. The molecule has 1 unspecified atom stereocenters. The molecule has 202 valence electrons. The van der Waals surface area contributed by atoms with E-state index in [2.05, 4.69) is 67.5 Å². The van der Waals surface area contributed by atoms with Crippen molar-refractivity contribution in [2.45, 2.75) is 64.0 Å². The van der Waals surface area contributed by atoms with E-state index in [1.54, 1.807) is 0 Å². The van der Waals surface area contributed by atoms with Crippen LogP contribution < -0.4 is 10.0 Å². The van der Waals surface area contributed by atoms with E-state index < -0.39 is 11.4 Å². The highest BCUT2D eigenvalue weighted by Crippen LogP contribution is 2.48. The third-order valence-electron chi connectivity index (χ3n) is 8.71. The molecule has 2 aromatic carbocycles. The Kier molecular flexibility index (Phi) is 6.64. The molecule has 1 aliphatic carbocycles. The minimum atomic E-state index is -0.698. The van der Waals surface area contributed by atoms with E-state index in [1.165, 1.54) is 40.4 Å². The van der Waals surface area contributed by atoms with Gasteiger partial charge < -0.3 is 19.6 Å². The predicted octanol–water partition coefficient (Wildman–Crippen LogP) is 4.61. The van der Waals surface area contributed by atoms with Gasteiger partial charge in [0.25, 0.3) is 0 Å². The van der Waals surface area contributed by atoms with Gasteiger partial charge in [-0.25, -0.2) is 0 Å². The average Bonchev–Trinajstić information content (AvgIpc) is 3.63. The second-order valence-corrected chi connectivity index (χ2v) is 12.5. The van der Waals surface area contributed by atoms with Crippen molar-refractivity contribution in [1.29, 1.82) is 0 Å². The fraction of sp³-hybridized carbons (Fsp3) is 0.533. The van der Waals surface area contributed by atoms with Crippen LogP contribution in [-0.2, 0) is 16.2 Å². The zero-order chi connectivity index (χ0) is 26.5. The van der Waals surface area contributed by atoms with Gasteiger partial charge in [0.05, 0.1) is 18.4 Å². The van der Waals surface area contributed by atoms with Crippen molar-refractivity contribution < 1.29 is 19.5 Å². The molecule has 1 N–H and O–H groups in total. The molecule has 1 spiro atoms. The largest absolute Gasteiger partial charge is 0.493 e. The van der Waals surface area contributed by atoms with Crippen LogP contribution in [0.3, 0.4) is 0 Å². The second-order valence-electron chi connectivity index (χ2n) is 11.8. The molecule has 3 aliphatic heterocycles. The van der Waals surface area contributed by atoms with Crippen LogP contribution in [0.1, 0.15) is 63.0 Å². The number of hydrogen-bond acceptors (Lipinski definition) is 6. The number of benzene rings is 2. The molecule has 4 aliphatic rings. The Balaban J connectivity index is 1.12. The van der Waals surface area contributed by atoms with Gasteiger partial charge in [0.1, 0.15) is 11.6 Å². The Labute approximate surface area is 227 Å². The summed E-state index contributed by atoms with van der Waals surface area (Å²) >= 11 is 0. The SMILES string of the molecule is CCOc1cc(CN2CC3(CC(N4CCC(C)(C(=O)O)CC4)=NO3)C2)cc(C2CC2)c1-c1ccc(P)cc1. The molecule has 7 nitrogen and oxygen atoms in total. The molecule has 6 rings (SSSR count). The third kappa shape index (κ3) is 4.91. The third-order valence-corrected chi connectivity index (χ3v) is 9.10. The smallest absolute Gasteiger partial charge is 0.309 e. The van der Waals surface area contributed by atoms with E-state index in [0.717, 1.165) is 50.7 Å². The molecule has 0 radical (unpaired) electrons. The molecule has 3 heterocycles. The van der Waals surface area contributed by atoms with E-state index in [-0.39, 0.29) is 5.60 Å². The summed E-state index contributed by atoms with van der Waals surface area (Å²) in [5.74, 6) is 1.88. The molecule has 38 heavy (non-hydrogen) atoms. The van der Waals surface area contributed by atoms with Crippen molar-refractivity contribution in [2.75, 3.05) is 32.8 Å². The maximum absolute atomic E-state index is 11.6. The van der Waals surface area contributed by atoms with Crippen LogP contribution in [0.15, 0.2) is 41.6 Å². The number of aliphatic carboxylic acids is 1. The lowest BCUT2D eigenvalue weighted by atomic mass is 9.80. The maximum atomic E-state index is 11.6. The van der Waals surface area contributed by atoms with Gasteiger partial charge >= 0.3 is 5.97 Å². The van der Waals surface area contributed by atoms with Crippen LogP contribution in [0.2, 0.25) is 0 Å². The highest BCUT2D eigenvalue weighted by Gasteiger charge is 2.51. The first-order chi connectivity index (χ1) is 18.3. The predicted molar refractivity (Wildman–Crippen MR) is 152 cm³/mol. The molecule has 0 amide bonds. The van der Waals surface area contributed by atoms with Crippen LogP contribution in [0.4, 0.5) is 0 Å². The molecule has 2 aromatic rings. The van der Waals surface area contributed by atoms with E-state index >= 15 is 0 Å². The molecule has 2 saturated heterocycles. The molecule has 1 saturated carbocycles. The monoisotopic (exact) mass is 535 g/mol. The summed E-state index contributed by atoms with van der Waals surface area (Å²) in [5, 5.41) is 15.2. The van der Waals surface area contributed by atoms with Crippen molar-refractivity contribution >= 4 is 26.3 Å². The summed E-state index contributed by atoms with van der Waals surface area (Å²) in [6, 6.07) is 13.3. The molecular formula is C30H38N3O4P. The normalized spacial score (nSPS) is 22.1. The molecule has 3 fully saturated rings. The standard InChI is InChI=1S/C30H38N3O4P/c1-3-36-25-15-20(14-24(21-4-5-21)27(25)22-6-8-23(38)9-7-22)17-32-18-30(19-32)16-26(31-37-30)33-12-10-29(2,11-13-33)28(34)35/h6-9,14-15,21H,3-5,10-13,16-19,38H2,1-2H3,(H,34,35). The van der Waals surface area contributed by atoms with E-state index in [9.17, 15) is 9.90 Å². The lowest BCUT2D eigenvalue weighted by molar-refractivity contribution is -0.150. The van der Waals surface area contributed by atoms with Gasteiger partial charge in [0.2, 0.25) is 0 Å². The number of carboxylic acids is 1. The van der Waals surface area contributed by atoms with Crippen LogP contribution in [0.25, 0.3) is 11.1 Å². The minimum absolute atomic E-state index is 0.245. The van der Waals surface area contributed by atoms with Gasteiger partial charge in [-0.1, -0.05) is 35.5 Å². The van der Waals surface area contributed by atoms with Gasteiger partial charge in [-0.05, 0) is 73.5 Å². The highest BCUT2D eigenvalue weighted by molar-refractivity contribution is 7.27. The number of nitrogens with zero attached hydrogens (tertiary/aromatic N) is 3. The quantitative estimate of drug-likeness (QED) is 0.523. The molecule has 1 atom stereocenters. The number of likely N-dealkylation sites (tertiary alicyclic amines) is 2. The van der Waals surface area contributed by atoms with E-state index in [4.69, 9.17) is 9.57 Å². The van der Waals surface area contributed by atoms with Crippen molar-refractivity contribution in [3.8, 4) is 16.9 Å². The van der Waals surface area contributed by atoms with E-state index in [1.807, 2.05) is 6.92 Å². The minimum Gasteiger partial charge on any atom is -0.493 e. The average molecular weight is 536 g/mol. The number of piperidine rings is 1. The first-order valence-corrected chi connectivity index (χ1v) is 14.5. The summed E-state index contributed by atoms with van der Waals surface area (Å²) in [6.07, 6.45) is 4.57. The number of amidine groups is 1. The zero-order valence-electron chi connectivity index (χ0n) is 22.4. The second kappa shape index (κ2) is 9.84. The molecule has 0 aromatic heterocycles. The van der Waals surface area contributed by atoms with Crippen molar-refractivity contribution in [3.05, 3.63) is 47.5 Å². The summed E-state index contributed by atoms with van der Waals surface area (Å²) in [5.41, 5.74) is 4.31. The topological polar surface area (TPSA) is 74.6 Å². The van der Waals surface area contributed by atoms with Gasteiger partial charge in [-0.2, -0.15) is 0 Å². The van der Waals surface area contributed by atoms with Crippen molar-refractivity contribution in [3.63, 3.8) is 0 Å². The zero-order valence-corrected chi connectivity index (χ0v) is 23.6. The Morgan fingerprint density at radius 2 is 1.89 bits per heavy atom. The number of hydrogen-bond donors (Lipinski definition) is 1. The molecule has 0 bridgehead atoms. The number of ether oxygens (including phenoxy) is 1. The Bertz CT molecular complexity index is 1240. The number of rotatable bonds is 7. The van der Waals surface area contributed by atoms with Crippen molar-refractivity contribution in [1.82, 2.24) is 9.80 Å². The van der Waals surface area contributed by atoms with Gasteiger partial charge in [0, 0.05) is 38.3 Å². The fourth-order valence-corrected chi connectivity index (χ4v) is 6.38. The van der Waals surface area contributed by atoms with Gasteiger partial charge in [-0.3, -0.25) is 9.69 Å². The summed E-state index contributed by atoms with van der Waals surface area (Å²) in [7, 11) is 2.76. The van der Waals surface area contributed by atoms with Crippen LogP contribution in [-0.4, -0.2) is 65.1 Å². The van der Waals surface area contributed by atoms with Gasteiger partial charge in [0.15, 0.2) is 5.60 Å². The summed E-state index contributed by atoms with van der Waals surface area (Å²) in [6.45, 7) is 8.56. The molecular weight excluding hydrogens is 497 g/mol. The van der Waals surface area contributed by atoms with Crippen LogP contribution in [0.5, 0.6) is 5.75 Å². The summed E-state index contributed by atoms with van der Waals surface area (Å²) < 4.78 is 6.21. The van der Waals surface area contributed by atoms with Gasteiger partial charge in [-0.15, -0.1) is 9.24 Å². The summed E-state index contributed by atoms with van der Waals surface area (Å²) in [4.78, 5) is 22.2. The number of carbonyl (C=O) groups is 1. The van der Waals surface area contributed by atoms with Crippen LogP contribution in [0, 0.1) is 5.41 Å². The van der Waals surface area contributed by atoms with Crippen LogP contribution >= 0.6 is 9.24 Å². The molecule has 8 heteroatoms. The number of oxime groups is 1. The first kappa shape index (κ1) is 25.6. The Morgan fingerprint density at radius 1 is 1.18 bits per heavy atom. The Hall–Kier alpha value is -2.63. The lowest BCUT2D eigenvalue weighted by Crippen LogP contribution is -2.61. The Morgan fingerprint density at radius 3 is 2.53 bits per heavy atom. The van der Waals surface area contributed by atoms with Crippen molar-refractivity contribution in [2.24, 2.45) is 10.6 Å². The highest BCUT2D eigenvalue weighted by atomic mass is 31.0. The fourth-order valence-electron chi connectivity index (χ4n) is 6.18. The first-order valence-electron chi connectivity index (χ1n) is 13.9.